The van der Waals surface area contributed by atoms with Crippen molar-refractivity contribution in [3.63, 3.8) is 0 Å². The lowest BCUT2D eigenvalue weighted by Gasteiger charge is -2.35. The first-order chi connectivity index (χ1) is 8.49. The molecule has 7 nitrogen and oxygen atoms in total. The van der Waals surface area contributed by atoms with E-state index < -0.39 is 18.1 Å². The van der Waals surface area contributed by atoms with E-state index >= 15 is 0 Å². The summed E-state index contributed by atoms with van der Waals surface area (Å²) in [5, 5.41) is 18.6. The molecule has 0 spiro atoms. The van der Waals surface area contributed by atoms with Gasteiger partial charge in [-0.2, -0.15) is 0 Å². The largest absolute Gasteiger partial charge is 0.480 e. The Balaban J connectivity index is 2.05. The number of piperidine rings is 1. The van der Waals surface area contributed by atoms with E-state index in [9.17, 15) is 14.7 Å². The van der Waals surface area contributed by atoms with Crippen LogP contribution < -0.4 is 5.73 Å². The second-order valence-corrected chi connectivity index (χ2v) is 5.03. The summed E-state index contributed by atoms with van der Waals surface area (Å²) in [6.45, 7) is 1.14. The normalized spacial score (nSPS) is 32.7. The minimum Gasteiger partial charge on any atom is -0.480 e. The van der Waals surface area contributed by atoms with Gasteiger partial charge in [0, 0.05) is 32.1 Å². The summed E-state index contributed by atoms with van der Waals surface area (Å²) < 4.78 is 0. The number of nitrogens with two attached hydrogens (primary N) is 1. The van der Waals surface area contributed by atoms with E-state index in [1.165, 1.54) is 4.90 Å². The zero-order valence-corrected chi connectivity index (χ0v) is 10.2. The van der Waals surface area contributed by atoms with Crippen LogP contribution in [0.2, 0.25) is 0 Å². The van der Waals surface area contributed by atoms with Crippen LogP contribution in [0.5, 0.6) is 0 Å². The monoisotopic (exact) mass is 257 g/mol. The van der Waals surface area contributed by atoms with E-state index in [2.05, 4.69) is 0 Å². The maximum atomic E-state index is 12.2. The Morgan fingerprint density at radius 2 is 2.00 bits per heavy atom. The summed E-state index contributed by atoms with van der Waals surface area (Å²) in [5.74, 6) is -1.07. The Hall–Kier alpha value is -1.34. The Labute approximate surface area is 105 Å². The number of hydrogen-bond acceptors (Lipinski definition) is 4. The van der Waals surface area contributed by atoms with Crippen LogP contribution >= 0.6 is 0 Å². The number of nitrogens with zero attached hydrogens (tertiary/aromatic N) is 2. The van der Waals surface area contributed by atoms with Gasteiger partial charge in [-0.15, -0.1) is 0 Å². The van der Waals surface area contributed by atoms with Crippen molar-refractivity contribution in [3.05, 3.63) is 0 Å². The van der Waals surface area contributed by atoms with Crippen LogP contribution in [0, 0.1) is 0 Å². The molecule has 2 rings (SSSR count). The summed E-state index contributed by atoms with van der Waals surface area (Å²) in [7, 11) is 0. The molecule has 0 aromatic heterocycles. The number of rotatable bonds is 1. The summed E-state index contributed by atoms with van der Waals surface area (Å²) in [5.41, 5.74) is 5.81. The van der Waals surface area contributed by atoms with E-state index in [-0.39, 0.29) is 25.0 Å². The first kappa shape index (κ1) is 13.1. The molecule has 3 atom stereocenters. The molecule has 1 unspecified atom stereocenters. The van der Waals surface area contributed by atoms with Crippen molar-refractivity contribution in [1.29, 1.82) is 0 Å². The molecule has 0 aromatic carbocycles. The van der Waals surface area contributed by atoms with Crippen molar-refractivity contribution in [2.24, 2.45) is 5.73 Å². The van der Waals surface area contributed by atoms with Crippen LogP contribution in [0.3, 0.4) is 0 Å². The van der Waals surface area contributed by atoms with Gasteiger partial charge >= 0.3 is 12.0 Å². The van der Waals surface area contributed by atoms with Gasteiger partial charge in [0.05, 0.1) is 6.10 Å². The number of amides is 2. The number of aliphatic carboxylic acids is 1. The molecule has 4 N–H and O–H groups in total. The van der Waals surface area contributed by atoms with Crippen molar-refractivity contribution in [2.45, 2.75) is 37.5 Å². The molecular formula is C11H19N3O4. The van der Waals surface area contributed by atoms with Crippen LogP contribution in [0.4, 0.5) is 4.79 Å². The molecule has 0 radical (unpaired) electrons. The second kappa shape index (κ2) is 5.11. The molecule has 102 valence electrons. The number of urea groups is 1. The number of likely N-dealkylation sites (tertiary alicyclic amines) is 2. The predicted molar refractivity (Wildman–Crippen MR) is 62.9 cm³/mol. The lowest BCUT2D eigenvalue weighted by atomic mass is 10.1. The molecule has 0 aromatic rings. The average molecular weight is 257 g/mol. The smallest absolute Gasteiger partial charge is 0.326 e. The molecule has 18 heavy (non-hydrogen) atoms. The Morgan fingerprint density at radius 1 is 1.28 bits per heavy atom. The summed E-state index contributed by atoms with van der Waals surface area (Å²) >= 11 is 0. The molecule has 7 heteroatoms. The lowest BCUT2D eigenvalue weighted by molar-refractivity contribution is -0.141. The number of β-amino-alcohol motifs (C(OH)–C–C–N with tert-alkyl or cyclic N) is 1. The Bertz CT molecular complexity index is 349. The van der Waals surface area contributed by atoms with Crippen molar-refractivity contribution >= 4 is 12.0 Å². The third-order valence-electron chi connectivity index (χ3n) is 3.54. The molecule has 0 bridgehead atoms. The minimum atomic E-state index is -1.07. The van der Waals surface area contributed by atoms with Crippen LogP contribution in [0.1, 0.15) is 19.3 Å². The Morgan fingerprint density at radius 3 is 2.61 bits per heavy atom. The summed E-state index contributed by atoms with van der Waals surface area (Å²) in [6.07, 6.45) is 1.06. The predicted octanol–water partition coefficient (Wildman–Crippen LogP) is -0.951. The molecular weight excluding hydrogens is 238 g/mol. The highest BCUT2D eigenvalue weighted by Crippen LogP contribution is 2.21. The van der Waals surface area contributed by atoms with E-state index in [4.69, 9.17) is 10.8 Å². The number of carbonyl (C=O) groups excluding carboxylic acids is 1. The molecule has 2 aliphatic heterocycles. The van der Waals surface area contributed by atoms with Crippen LogP contribution in [0.25, 0.3) is 0 Å². The first-order valence-electron chi connectivity index (χ1n) is 6.21. The molecule has 2 amide bonds. The number of hydrogen-bond donors (Lipinski definition) is 3. The van der Waals surface area contributed by atoms with Gasteiger partial charge in [-0.3, -0.25) is 0 Å². The van der Waals surface area contributed by atoms with Gasteiger partial charge in [-0.05, 0) is 12.8 Å². The van der Waals surface area contributed by atoms with Gasteiger partial charge in [0.25, 0.3) is 0 Å². The van der Waals surface area contributed by atoms with Gasteiger partial charge in [-0.1, -0.05) is 0 Å². The molecule has 2 saturated heterocycles. The second-order valence-electron chi connectivity index (χ2n) is 5.03. The van der Waals surface area contributed by atoms with Gasteiger partial charge < -0.3 is 25.7 Å². The first-order valence-corrected chi connectivity index (χ1v) is 6.21. The molecule has 2 heterocycles. The zero-order chi connectivity index (χ0) is 13.3. The molecule has 2 fully saturated rings. The third kappa shape index (κ3) is 2.56. The fraction of sp³-hybridized carbons (Fsp3) is 0.818. The highest BCUT2D eigenvalue weighted by molar-refractivity contribution is 5.83. The number of aliphatic hydroxyl groups is 1. The number of aliphatic hydroxyl groups excluding tert-OH is 1. The van der Waals surface area contributed by atoms with Crippen molar-refractivity contribution in [1.82, 2.24) is 9.80 Å². The Kier molecular flexibility index (Phi) is 3.72. The quantitative estimate of drug-likeness (QED) is 0.561. The van der Waals surface area contributed by atoms with E-state index in [0.717, 1.165) is 12.8 Å². The molecule has 2 aliphatic rings. The number of carbonyl (C=O) groups is 2. The fourth-order valence-corrected chi connectivity index (χ4v) is 2.62. The van der Waals surface area contributed by atoms with E-state index in [1.54, 1.807) is 4.90 Å². The van der Waals surface area contributed by atoms with Crippen molar-refractivity contribution < 1.29 is 19.8 Å². The van der Waals surface area contributed by atoms with Crippen LogP contribution in [0.15, 0.2) is 0 Å². The topological polar surface area (TPSA) is 107 Å². The number of carboxylic acids is 1. The number of carboxylic acid groups (broad SMARTS) is 1. The standard InChI is InChI=1S/C11H19N3O4/c12-7-2-1-3-13(5-7)11(18)14-6-8(15)4-9(14)10(16)17/h7-9,15H,1-6,12H2,(H,16,17)/t7?,8-,9-/m1/s1. The minimum absolute atomic E-state index is 0.0431. The molecule has 0 aliphatic carbocycles. The zero-order valence-electron chi connectivity index (χ0n) is 10.2. The lowest BCUT2D eigenvalue weighted by Crippen LogP contribution is -2.53. The van der Waals surface area contributed by atoms with Crippen molar-refractivity contribution in [3.8, 4) is 0 Å². The molecule has 0 saturated carbocycles. The van der Waals surface area contributed by atoms with Gasteiger partial charge in [0.1, 0.15) is 6.04 Å². The van der Waals surface area contributed by atoms with Crippen molar-refractivity contribution in [2.75, 3.05) is 19.6 Å². The van der Waals surface area contributed by atoms with Gasteiger partial charge in [0.15, 0.2) is 0 Å². The van der Waals surface area contributed by atoms with Gasteiger partial charge in [0.2, 0.25) is 0 Å². The maximum Gasteiger partial charge on any atom is 0.326 e. The third-order valence-corrected chi connectivity index (χ3v) is 3.54. The van der Waals surface area contributed by atoms with E-state index in [0.29, 0.717) is 13.1 Å². The SMILES string of the molecule is NC1CCCN(C(=O)N2C[C@H](O)C[C@@H]2C(=O)O)C1. The van der Waals surface area contributed by atoms with Crippen LogP contribution in [-0.2, 0) is 4.79 Å². The van der Waals surface area contributed by atoms with E-state index in [1.807, 2.05) is 0 Å². The highest BCUT2D eigenvalue weighted by atomic mass is 16.4. The van der Waals surface area contributed by atoms with Gasteiger partial charge in [-0.25, -0.2) is 9.59 Å². The highest BCUT2D eigenvalue weighted by Gasteiger charge is 2.41. The average Bonchev–Trinajstić information content (AvgIpc) is 2.70. The van der Waals surface area contributed by atoms with Crippen LogP contribution in [-0.4, -0.2) is 69.8 Å². The summed E-state index contributed by atoms with van der Waals surface area (Å²) in [6, 6.07) is -1.29. The summed E-state index contributed by atoms with van der Waals surface area (Å²) in [4.78, 5) is 26.1. The maximum absolute atomic E-state index is 12.2. The fourth-order valence-electron chi connectivity index (χ4n) is 2.62.